The first-order valence-corrected chi connectivity index (χ1v) is 7.22. The molecule has 1 rings (SSSR count). The largest absolute Gasteiger partial charge is 0.299 e. The Labute approximate surface area is 114 Å². The Bertz CT molecular complexity index is 592. The smallest absolute Gasteiger partial charge is 0.243 e. The number of Topliss-reactive ketones (excluding diaryl/α,β-unsaturated/α-hetero) is 1. The number of nitrogens with zero attached hydrogens (tertiary/aromatic N) is 1. The third-order valence-electron chi connectivity index (χ3n) is 2.50. The molecule has 19 heavy (non-hydrogen) atoms. The summed E-state index contributed by atoms with van der Waals surface area (Å²) in [5, 5.41) is 0. The summed E-state index contributed by atoms with van der Waals surface area (Å²) in [6.45, 7) is 6.55. The molecular weight excluding hydrogens is 262 g/mol. The van der Waals surface area contributed by atoms with E-state index >= 15 is 0 Å². The quantitative estimate of drug-likeness (QED) is 0.748. The Balaban J connectivity index is 3.14. The van der Waals surface area contributed by atoms with Gasteiger partial charge in [-0.05, 0) is 32.1 Å². The maximum absolute atomic E-state index is 12.4. The molecule has 0 amide bonds. The van der Waals surface area contributed by atoms with Crippen LogP contribution in [0, 0.1) is 6.92 Å². The molecule has 0 atom stereocenters. The van der Waals surface area contributed by atoms with Crippen LogP contribution in [0.4, 0.5) is 0 Å². The molecule has 0 radical (unpaired) electrons. The highest BCUT2D eigenvalue weighted by molar-refractivity contribution is 7.89. The third kappa shape index (κ3) is 4.17. The molecular formula is C14H17NO3S. The van der Waals surface area contributed by atoms with Crippen LogP contribution < -0.4 is 0 Å². The molecule has 0 heterocycles. The molecule has 0 aliphatic heterocycles. The van der Waals surface area contributed by atoms with Crippen LogP contribution >= 0.6 is 0 Å². The second-order valence-corrected chi connectivity index (χ2v) is 6.16. The molecule has 0 bridgehead atoms. The van der Waals surface area contributed by atoms with Crippen molar-refractivity contribution >= 4 is 15.8 Å². The zero-order chi connectivity index (χ0) is 14.5. The number of hydrogen-bond donors (Lipinski definition) is 0. The summed E-state index contributed by atoms with van der Waals surface area (Å²) in [7, 11) is -3.67. The van der Waals surface area contributed by atoms with E-state index in [-0.39, 0.29) is 23.8 Å². The third-order valence-corrected chi connectivity index (χ3v) is 4.32. The number of aryl methyl sites for hydroxylation is 1. The number of sulfonamides is 1. The SMILES string of the molecule is C=C=CCN(CC(C)=O)S(=O)(=O)c1ccc(C)cc1. The number of hydrogen-bond acceptors (Lipinski definition) is 3. The van der Waals surface area contributed by atoms with Crippen LogP contribution in [-0.2, 0) is 14.8 Å². The first kappa shape index (κ1) is 15.4. The lowest BCUT2D eigenvalue weighted by Gasteiger charge is -2.19. The zero-order valence-electron chi connectivity index (χ0n) is 11.1. The van der Waals surface area contributed by atoms with Gasteiger partial charge in [0.25, 0.3) is 0 Å². The highest BCUT2D eigenvalue weighted by Crippen LogP contribution is 2.16. The number of benzene rings is 1. The number of ketones is 1. The molecule has 102 valence electrons. The van der Waals surface area contributed by atoms with Crippen molar-refractivity contribution in [2.75, 3.05) is 13.1 Å². The van der Waals surface area contributed by atoms with Crippen LogP contribution in [-0.4, -0.2) is 31.6 Å². The minimum absolute atomic E-state index is 0.0826. The summed E-state index contributed by atoms with van der Waals surface area (Å²) >= 11 is 0. The van der Waals surface area contributed by atoms with E-state index < -0.39 is 10.0 Å². The van der Waals surface area contributed by atoms with Gasteiger partial charge >= 0.3 is 0 Å². The lowest BCUT2D eigenvalue weighted by molar-refractivity contribution is -0.117. The Hall–Kier alpha value is -1.68. The van der Waals surface area contributed by atoms with Crippen LogP contribution in [0.5, 0.6) is 0 Å². The second-order valence-electron chi connectivity index (χ2n) is 4.22. The first-order valence-electron chi connectivity index (χ1n) is 5.78. The Morgan fingerprint density at radius 3 is 2.42 bits per heavy atom. The van der Waals surface area contributed by atoms with E-state index in [9.17, 15) is 13.2 Å². The summed E-state index contributed by atoms with van der Waals surface area (Å²) in [5.41, 5.74) is 3.49. The lowest BCUT2D eigenvalue weighted by Crippen LogP contribution is -2.35. The average molecular weight is 279 g/mol. The molecule has 0 fully saturated rings. The molecule has 1 aromatic rings. The summed E-state index contributed by atoms with van der Waals surface area (Å²) in [5.74, 6) is -0.215. The van der Waals surface area contributed by atoms with Crippen LogP contribution in [0.15, 0.2) is 47.5 Å². The molecule has 0 aliphatic rings. The van der Waals surface area contributed by atoms with Crippen molar-refractivity contribution in [2.45, 2.75) is 18.7 Å². The fourth-order valence-electron chi connectivity index (χ4n) is 1.52. The van der Waals surface area contributed by atoms with Crippen LogP contribution in [0.1, 0.15) is 12.5 Å². The minimum Gasteiger partial charge on any atom is -0.299 e. The van der Waals surface area contributed by atoms with Gasteiger partial charge in [-0.25, -0.2) is 8.42 Å². The normalized spacial score (nSPS) is 11.1. The van der Waals surface area contributed by atoms with E-state index in [1.165, 1.54) is 25.1 Å². The van der Waals surface area contributed by atoms with Gasteiger partial charge in [-0.1, -0.05) is 24.3 Å². The van der Waals surface area contributed by atoms with Crippen molar-refractivity contribution in [3.63, 3.8) is 0 Å². The molecule has 0 saturated heterocycles. The van der Waals surface area contributed by atoms with Gasteiger partial charge in [-0.15, -0.1) is 5.73 Å². The monoisotopic (exact) mass is 279 g/mol. The fraction of sp³-hybridized carbons (Fsp3) is 0.286. The highest BCUT2D eigenvalue weighted by atomic mass is 32.2. The van der Waals surface area contributed by atoms with Crippen molar-refractivity contribution in [1.29, 1.82) is 0 Å². The van der Waals surface area contributed by atoms with Gasteiger partial charge in [0.2, 0.25) is 10.0 Å². The van der Waals surface area contributed by atoms with Crippen molar-refractivity contribution in [3.8, 4) is 0 Å². The van der Waals surface area contributed by atoms with Gasteiger partial charge in [0.1, 0.15) is 5.78 Å². The van der Waals surface area contributed by atoms with Crippen molar-refractivity contribution in [1.82, 2.24) is 4.31 Å². The van der Waals surface area contributed by atoms with E-state index in [4.69, 9.17) is 0 Å². The van der Waals surface area contributed by atoms with E-state index in [2.05, 4.69) is 12.3 Å². The molecule has 5 heteroatoms. The molecule has 0 unspecified atom stereocenters. The minimum atomic E-state index is -3.67. The first-order chi connectivity index (χ1) is 8.87. The van der Waals surface area contributed by atoms with E-state index in [0.29, 0.717) is 0 Å². The average Bonchev–Trinajstić information content (AvgIpc) is 2.34. The lowest BCUT2D eigenvalue weighted by atomic mass is 10.2. The molecule has 1 aromatic carbocycles. The Morgan fingerprint density at radius 2 is 1.95 bits per heavy atom. The van der Waals surface area contributed by atoms with Gasteiger partial charge in [0.15, 0.2) is 0 Å². The topological polar surface area (TPSA) is 54.5 Å². The van der Waals surface area contributed by atoms with Gasteiger partial charge in [0, 0.05) is 6.54 Å². The summed E-state index contributed by atoms with van der Waals surface area (Å²) < 4.78 is 25.9. The van der Waals surface area contributed by atoms with Crippen molar-refractivity contribution < 1.29 is 13.2 Å². The Kier molecular flexibility index (Phi) is 5.24. The van der Waals surface area contributed by atoms with E-state index in [1.807, 2.05) is 6.92 Å². The summed E-state index contributed by atoms with van der Waals surface area (Å²) in [6, 6.07) is 6.52. The predicted molar refractivity (Wildman–Crippen MR) is 74.3 cm³/mol. The predicted octanol–water partition coefficient (Wildman–Crippen LogP) is 1.92. The molecule has 0 saturated carbocycles. The fourth-order valence-corrected chi connectivity index (χ4v) is 2.92. The zero-order valence-corrected chi connectivity index (χ0v) is 11.9. The Morgan fingerprint density at radius 1 is 1.37 bits per heavy atom. The molecule has 0 N–H and O–H groups in total. The number of carbonyl (C=O) groups excluding carboxylic acids is 1. The highest BCUT2D eigenvalue weighted by Gasteiger charge is 2.24. The summed E-state index contributed by atoms with van der Waals surface area (Å²) in [6.07, 6.45) is 1.48. The molecule has 0 spiro atoms. The molecule has 0 aromatic heterocycles. The van der Waals surface area contributed by atoms with E-state index in [0.717, 1.165) is 9.87 Å². The maximum Gasteiger partial charge on any atom is 0.243 e. The van der Waals surface area contributed by atoms with Crippen molar-refractivity contribution in [2.24, 2.45) is 0 Å². The number of rotatable bonds is 6. The van der Waals surface area contributed by atoms with Crippen LogP contribution in [0.25, 0.3) is 0 Å². The van der Waals surface area contributed by atoms with Crippen LogP contribution in [0.3, 0.4) is 0 Å². The van der Waals surface area contributed by atoms with Gasteiger partial charge in [0.05, 0.1) is 11.4 Å². The van der Waals surface area contributed by atoms with Gasteiger partial charge in [-0.2, -0.15) is 4.31 Å². The van der Waals surface area contributed by atoms with Crippen molar-refractivity contribution in [3.05, 3.63) is 48.2 Å². The van der Waals surface area contributed by atoms with Gasteiger partial charge < -0.3 is 0 Å². The standard InChI is InChI=1S/C14H17NO3S/c1-4-5-10-15(11-13(3)16)19(17,18)14-8-6-12(2)7-9-14/h5-9H,1,10-11H2,2-3H3. The molecule has 4 nitrogen and oxygen atoms in total. The second kappa shape index (κ2) is 6.48. The maximum atomic E-state index is 12.4. The molecule has 0 aliphatic carbocycles. The van der Waals surface area contributed by atoms with E-state index in [1.54, 1.807) is 12.1 Å². The van der Waals surface area contributed by atoms with Gasteiger partial charge in [-0.3, -0.25) is 4.79 Å². The van der Waals surface area contributed by atoms with Crippen LogP contribution in [0.2, 0.25) is 0 Å². The summed E-state index contributed by atoms with van der Waals surface area (Å²) in [4.78, 5) is 11.4. The number of carbonyl (C=O) groups is 1.